The van der Waals surface area contributed by atoms with Crippen molar-refractivity contribution in [2.75, 3.05) is 5.32 Å². The molecule has 0 saturated carbocycles. The van der Waals surface area contributed by atoms with Gasteiger partial charge in [-0.15, -0.1) is 0 Å². The van der Waals surface area contributed by atoms with E-state index in [1.807, 2.05) is 13.8 Å². The average Bonchev–Trinajstić information content (AvgIpc) is 2.29. The first kappa shape index (κ1) is 15.6. The first-order valence-electron chi connectivity index (χ1n) is 6.50. The molecule has 0 aromatic heterocycles. The van der Waals surface area contributed by atoms with Crippen LogP contribution in [-0.2, 0) is 14.8 Å². The quantitative estimate of drug-likeness (QED) is 0.896. The van der Waals surface area contributed by atoms with Crippen LogP contribution in [0.25, 0.3) is 0 Å². The molecule has 1 aliphatic heterocycles. The van der Waals surface area contributed by atoms with Gasteiger partial charge < -0.3 is 10.1 Å². The molecule has 0 radical (unpaired) electrons. The number of ether oxygens (including phenoxy) is 1. The van der Waals surface area contributed by atoms with Crippen LogP contribution in [0, 0.1) is 0 Å². The van der Waals surface area contributed by atoms with Gasteiger partial charge in [0.1, 0.15) is 0 Å². The smallest absolute Gasteiger partial charge is 0.238 e. The maximum atomic E-state index is 11.4. The Labute approximate surface area is 124 Å². The summed E-state index contributed by atoms with van der Waals surface area (Å²) in [7, 11) is -3.73. The molecule has 112 valence electrons. The highest BCUT2D eigenvalue weighted by Gasteiger charge is 2.25. The lowest BCUT2D eigenvalue weighted by molar-refractivity contribution is -0.0337. The largest absolute Gasteiger partial charge is 0.381 e. The van der Waals surface area contributed by atoms with Crippen molar-refractivity contribution in [3.63, 3.8) is 0 Å². The van der Waals surface area contributed by atoms with Crippen LogP contribution in [0.5, 0.6) is 0 Å². The second kappa shape index (κ2) is 5.89. The number of benzene rings is 1. The van der Waals surface area contributed by atoms with Gasteiger partial charge in [0.2, 0.25) is 10.0 Å². The summed E-state index contributed by atoms with van der Waals surface area (Å²) in [5.74, 6) is 0. The van der Waals surface area contributed by atoms with E-state index in [9.17, 15) is 8.42 Å². The van der Waals surface area contributed by atoms with Gasteiger partial charge in [-0.1, -0.05) is 11.6 Å². The summed E-state index contributed by atoms with van der Waals surface area (Å²) in [6.45, 7) is 4.04. The van der Waals surface area contributed by atoms with Crippen molar-refractivity contribution in [3.05, 3.63) is 23.2 Å². The van der Waals surface area contributed by atoms with Crippen LogP contribution in [0.1, 0.15) is 26.7 Å². The summed E-state index contributed by atoms with van der Waals surface area (Å²) >= 11 is 6.11. The maximum absolute atomic E-state index is 11.4. The molecule has 1 heterocycles. The molecule has 1 aromatic carbocycles. The van der Waals surface area contributed by atoms with E-state index in [2.05, 4.69) is 5.32 Å². The number of primary sulfonamides is 1. The lowest BCUT2D eigenvalue weighted by atomic mass is 9.99. The SMILES string of the molecule is CC1CC(Nc2cc(S(N)(=O)=O)ccc2Cl)CC(C)O1. The van der Waals surface area contributed by atoms with E-state index in [1.165, 1.54) is 18.2 Å². The number of hydrogen-bond acceptors (Lipinski definition) is 4. The molecule has 1 aromatic rings. The standard InChI is InChI=1S/C13H19ClN2O3S/c1-8-5-10(6-9(2)19-8)16-13-7-11(20(15,17)18)3-4-12(13)14/h3-4,7-10,16H,5-6H2,1-2H3,(H2,15,17,18). The molecule has 5 nitrogen and oxygen atoms in total. The number of halogens is 1. The molecule has 3 N–H and O–H groups in total. The van der Waals surface area contributed by atoms with Gasteiger partial charge >= 0.3 is 0 Å². The number of sulfonamides is 1. The van der Waals surface area contributed by atoms with E-state index in [4.69, 9.17) is 21.5 Å². The highest BCUT2D eigenvalue weighted by molar-refractivity contribution is 7.89. The predicted octanol–water partition coefficient (Wildman–Crippen LogP) is 2.36. The molecule has 2 atom stereocenters. The molecule has 20 heavy (non-hydrogen) atoms. The zero-order valence-corrected chi connectivity index (χ0v) is 13.0. The fourth-order valence-electron chi connectivity index (χ4n) is 2.53. The summed E-state index contributed by atoms with van der Waals surface area (Å²) in [4.78, 5) is 0.0533. The van der Waals surface area contributed by atoms with Gasteiger partial charge in [-0.2, -0.15) is 0 Å². The Morgan fingerprint density at radius 3 is 2.45 bits per heavy atom. The van der Waals surface area contributed by atoms with E-state index < -0.39 is 10.0 Å². The van der Waals surface area contributed by atoms with E-state index >= 15 is 0 Å². The predicted molar refractivity (Wildman–Crippen MR) is 79.5 cm³/mol. The van der Waals surface area contributed by atoms with E-state index in [0.717, 1.165) is 12.8 Å². The summed E-state index contributed by atoms with van der Waals surface area (Å²) < 4.78 is 28.4. The Kier molecular flexibility index (Phi) is 4.59. The van der Waals surface area contributed by atoms with E-state index in [0.29, 0.717) is 10.7 Å². The van der Waals surface area contributed by atoms with Crippen LogP contribution in [0.15, 0.2) is 23.1 Å². The third-order valence-electron chi connectivity index (χ3n) is 3.32. The topological polar surface area (TPSA) is 81.4 Å². The van der Waals surface area contributed by atoms with Crippen LogP contribution in [0.3, 0.4) is 0 Å². The zero-order chi connectivity index (χ0) is 14.9. The second-order valence-electron chi connectivity index (χ2n) is 5.26. The van der Waals surface area contributed by atoms with Crippen LogP contribution >= 0.6 is 11.6 Å². The third kappa shape index (κ3) is 3.85. The summed E-state index contributed by atoms with van der Waals surface area (Å²) in [6, 6.07) is 4.61. The summed E-state index contributed by atoms with van der Waals surface area (Å²) in [5, 5.41) is 8.90. The fraction of sp³-hybridized carbons (Fsp3) is 0.538. The van der Waals surface area contributed by atoms with E-state index in [-0.39, 0.29) is 23.1 Å². The molecule has 1 saturated heterocycles. The van der Waals surface area contributed by atoms with Crippen LogP contribution in [0.4, 0.5) is 5.69 Å². The Morgan fingerprint density at radius 1 is 1.30 bits per heavy atom. The molecule has 1 fully saturated rings. The van der Waals surface area contributed by atoms with E-state index in [1.54, 1.807) is 0 Å². The first-order valence-corrected chi connectivity index (χ1v) is 8.42. The minimum Gasteiger partial charge on any atom is -0.381 e. The van der Waals surface area contributed by atoms with Gasteiger partial charge in [-0.25, -0.2) is 13.6 Å². The van der Waals surface area contributed by atoms with Gasteiger partial charge in [-0.3, -0.25) is 0 Å². The third-order valence-corrected chi connectivity index (χ3v) is 4.56. The number of anilines is 1. The van der Waals surface area contributed by atoms with Gasteiger partial charge in [0.15, 0.2) is 0 Å². The van der Waals surface area contributed by atoms with Gasteiger partial charge in [0, 0.05) is 6.04 Å². The van der Waals surface area contributed by atoms with Crippen molar-refractivity contribution < 1.29 is 13.2 Å². The van der Waals surface area contributed by atoms with Crippen molar-refractivity contribution in [1.82, 2.24) is 0 Å². The molecular formula is C13H19ClN2O3S. The fourth-order valence-corrected chi connectivity index (χ4v) is 3.25. The molecule has 0 amide bonds. The van der Waals surface area contributed by atoms with Crippen LogP contribution in [-0.4, -0.2) is 26.7 Å². The molecule has 0 bridgehead atoms. The molecule has 0 aliphatic carbocycles. The Balaban J connectivity index is 2.20. The molecule has 2 rings (SSSR count). The van der Waals surface area contributed by atoms with Crippen LogP contribution < -0.4 is 10.5 Å². The normalized spacial score (nSPS) is 27.3. The average molecular weight is 319 g/mol. The second-order valence-corrected chi connectivity index (χ2v) is 7.23. The van der Waals surface area contributed by atoms with Crippen molar-refractivity contribution in [1.29, 1.82) is 0 Å². The minimum absolute atomic E-state index is 0.0533. The summed E-state index contributed by atoms with van der Waals surface area (Å²) in [6.07, 6.45) is 2.02. The minimum atomic E-state index is -3.73. The van der Waals surface area contributed by atoms with Crippen LogP contribution in [0.2, 0.25) is 5.02 Å². The number of rotatable bonds is 3. The Bertz CT molecular complexity index is 581. The number of hydrogen-bond donors (Lipinski definition) is 2. The van der Waals surface area contributed by atoms with Crippen molar-refractivity contribution in [2.45, 2.75) is 49.8 Å². The zero-order valence-electron chi connectivity index (χ0n) is 11.5. The Morgan fingerprint density at radius 2 is 1.90 bits per heavy atom. The first-order chi connectivity index (χ1) is 9.25. The molecule has 2 unspecified atom stereocenters. The van der Waals surface area contributed by atoms with Gasteiger partial charge in [0.05, 0.1) is 27.8 Å². The molecule has 7 heteroatoms. The summed E-state index contributed by atoms with van der Waals surface area (Å²) in [5.41, 5.74) is 0.587. The van der Waals surface area contributed by atoms with Crippen molar-refractivity contribution in [2.24, 2.45) is 5.14 Å². The van der Waals surface area contributed by atoms with Gasteiger partial charge in [-0.05, 0) is 44.9 Å². The number of nitrogens with two attached hydrogens (primary N) is 1. The maximum Gasteiger partial charge on any atom is 0.238 e. The molecule has 0 spiro atoms. The van der Waals surface area contributed by atoms with Gasteiger partial charge in [0.25, 0.3) is 0 Å². The highest BCUT2D eigenvalue weighted by atomic mass is 35.5. The lowest BCUT2D eigenvalue weighted by Gasteiger charge is -2.33. The molecule has 1 aliphatic rings. The number of nitrogens with one attached hydrogen (secondary N) is 1. The van der Waals surface area contributed by atoms with Crippen molar-refractivity contribution in [3.8, 4) is 0 Å². The lowest BCUT2D eigenvalue weighted by Crippen LogP contribution is -2.37. The molecular weight excluding hydrogens is 300 g/mol. The highest BCUT2D eigenvalue weighted by Crippen LogP contribution is 2.29. The Hall–Kier alpha value is -0.820. The van der Waals surface area contributed by atoms with Crippen molar-refractivity contribution >= 4 is 27.3 Å². The monoisotopic (exact) mass is 318 g/mol.